The summed E-state index contributed by atoms with van der Waals surface area (Å²) in [5.74, 6) is -0.503. The molecule has 10 heteroatoms. The second kappa shape index (κ2) is 60.8. The van der Waals surface area contributed by atoms with Crippen LogP contribution in [-0.2, 0) is 27.9 Å². The summed E-state index contributed by atoms with van der Waals surface area (Å²) in [5.41, 5.74) is 0. The van der Waals surface area contributed by atoms with E-state index in [1.54, 1.807) is 0 Å². The van der Waals surface area contributed by atoms with Crippen molar-refractivity contribution in [1.29, 1.82) is 0 Å². The van der Waals surface area contributed by atoms with Crippen molar-refractivity contribution in [3.05, 3.63) is 60.8 Å². The number of unbranched alkanes of at least 4 members (excludes halogenated alkanes) is 39. The summed E-state index contributed by atoms with van der Waals surface area (Å²) in [4.78, 5) is 37.9. The zero-order chi connectivity index (χ0) is 59.3. The zero-order valence-corrected chi connectivity index (χ0v) is 55.2. The molecule has 0 aliphatic heterocycles. The van der Waals surface area contributed by atoms with Gasteiger partial charge in [0.15, 0.2) is 0 Å². The van der Waals surface area contributed by atoms with Gasteiger partial charge in [-0.2, -0.15) is 0 Å². The Morgan fingerprint density at radius 3 is 1.14 bits per heavy atom. The van der Waals surface area contributed by atoms with Gasteiger partial charge < -0.3 is 19.4 Å². The van der Waals surface area contributed by atoms with Gasteiger partial charge in [0.05, 0.1) is 33.8 Å². The molecule has 3 atom stereocenters. The number of allylic oxidation sites excluding steroid dienone is 9. The highest BCUT2D eigenvalue weighted by atomic mass is 31.2. The Balaban J connectivity index is 5.10. The number of carbonyl (C=O) groups is 2. The number of hydrogen-bond donors (Lipinski definition) is 2. The average molecular weight is 1160 g/mol. The SMILES string of the molecule is CCCCC/C=C\C/C=C\CCCCCCCCCCCCCCCCCC(=O)NC(COP(=O)(O)OCC[N+](C)(C)C)C(/C=C\CCCCCCCCCCCCC)OC(=O)CCCCCCCCC/C=C\C/C=C\CCCCC. The molecule has 0 bridgehead atoms. The molecule has 0 aliphatic carbocycles. The number of likely N-dealkylation sites (N-methyl/N-ethyl adjacent to an activating group) is 1. The fourth-order valence-electron chi connectivity index (χ4n) is 10.1. The van der Waals surface area contributed by atoms with Crippen molar-refractivity contribution < 1.29 is 37.3 Å². The van der Waals surface area contributed by atoms with Gasteiger partial charge in [0.2, 0.25) is 5.91 Å². The molecule has 0 aliphatic rings. The summed E-state index contributed by atoms with van der Waals surface area (Å²) >= 11 is 0. The highest BCUT2D eigenvalue weighted by Crippen LogP contribution is 2.43. The number of quaternary nitrogens is 1. The number of esters is 1. The van der Waals surface area contributed by atoms with Crippen molar-refractivity contribution in [3.63, 3.8) is 0 Å². The van der Waals surface area contributed by atoms with Crippen molar-refractivity contribution in [3.8, 4) is 0 Å². The second-order valence-electron chi connectivity index (χ2n) is 24.7. The lowest BCUT2D eigenvalue weighted by Crippen LogP contribution is -2.47. The van der Waals surface area contributed by atoms with Crippen molar-refractivity contribution in [2.24, 2.45) is 0 Å². The molecule has 2 N–H and O–H groups in total. The molecule has 0 aromatic heterocycles. The third-order valence-corrected chi connectivity index (χ3v) is 16.4. The van der Waals surface area contributed by atoms with E-state index < -0.39 is 20.0 Å². The van der Waals surface area contributed by atoms with Crippen molar-refractivity contribution >= 4 is 19.7 Å². The van der Waals surface area contributed by atoms with Crippen LogP contribution in [-0.4, -0.2) is 74.3 Å². The molecule has 9 nitrogen and oxygen atoms in total. The Morgan fingerprint density at radius 2 is 0.753 bits per heavy atom. The molecule has 0 aromatic rings. The highest BCUT2D eigenvalue weighted by Gasteiger charge is 2.30. The largest absolute Gasteiger partial charge is 0.472 e. The van der Waals surface area contributed by atoms with Crippen LogP contribution in [0.15, 0.2) is 60.8 Å². The Kier molecular flexibility index (Phi) is 59.1. The number of carbonyl (C=O) groups excluding carboxylic acids is 2. The topological polar surface area (TPSA) is 111 Å². The second-order valence-corrected chi connectivity index (χ2v) is 26.1. The fourth-order valence-corrected chi connectivity index (χ4v) is 10.8. The highest BCUT2D eigenvalue weighted by molar-refractivity contribution is 7.47. The molecule has 474 valence electrons. The molecule has 0 aromatic carbocycles. The number of rotatable bonds is 63. The van der Waals surface area contributed by atoms with E-state index in [1.807, 2.05) is 33.3 Å². The summed E-state index contributed by atoms with van der Waals surface area (Å²) in [7, 11) is 1.50. The number of nitrogens with zero attached hydrogens (tertiary/aromatic N) is 1. The first-order valence-corrected chi connectivity index (χ1v) is 36.1. The van der Waals surface area contributed by atoms with Crippen LogP contribution in [0.1, 0.15) is 329 Å². The first-order valence-electron chi connectivity index (χ1n) is 34.6. The minimum absolute atomic E-state index is 0.0390. The average Bonchev–Trinajstić information content (AvgIpc) is 3.44. The lowest BCUT2D eigenvalue weighted by molar-refractivity contribution is -0.870. The maximum absolute atomic E-state index is 13.6. The van der Waals surface area contributed by atoms with Gasteiger partial charge in [0, 0.05) is 12.8 Å². The molecule has 1 amide bonds. The number of ether oxygens (including phenoxy) is 1. The maximum atomic E-state index is 13.6. The van der Waals surface area contributed by atoms with Gasteiger partial charge in [-0.05, 0) is 96.0 Å². The van der Waals surface area contributed by atoms with Gasteiger partial charge in [0.1, 0.15) is 19.3 Å². The van der Waals surface area contributed by atoms with Crippen LogP contribution < -0.4 is 5.32 Å². The lowest BCUT2D eigenvalue weighted by atomic mass is 10.0. The van der Waals surface area contributed by atoms with Crippen LogP contribution in [0.5, 0.6) is 0 Å². The molecular formula is C71H134N2O7P+. The van der Waals surface area contributed by atoms with E-state index in [9.17, 15) is 19.0 Å². The van der Waals surface area contributed by atoms with Gasteiger partial charge in [-0.1, -0.05) is 281 Å². The standard InChI is InChI=1S/C71H133N2O7P/c1-7-10-13-16-19-22-25-28-30-32-33-34-35-36-37-38-39-41-42-45-48-51-54-57-60-63-70(74)72-68(67-79-81(76,77)78-66-65-73(4,5)6)69(62-59-56-53-50-47-44-27-24-21-18-15-12-9-3)80-71(75)64-61-58-55-52-49-46-43-40-31-29-26-23-20-17-14-11-8-2/h19-20,22-23,28-31,59,62,68-69H,7-18,21,24-27,32-58,60-61,63-67H2,1-6H3,(H-,72,74,76,77)/p+1/b22-19-,23-20-,30-28-,31-29-,62-59-. The molecule has 0 saturated heterocycles. The maximum Gasteiger partial charge on any atom is 0.472 e. The predicted molar refractivity (Wildman–Crippen MR) is 351 cm³/mol. The molecule has 3 unspecified atom stereocenters. The van der Waals surface area contributed by atoms with Crippen LogP contribution in [0.25, 0.3) is 0 Å². The monoisotopic (exact) mass is 1160 g/mol. The van der Waals surface area contributed by atoms with Gasteiger partial charge in [0.25, 0.3) is 0 Å². The zero-order valence-electron chi connectivity index (χ0n) is 54.3. The van der Waals surface area contributed by atoms with Crippen LogP contribution in [0, 0.1) is 0 Å². The van der Waals surface area contributed by atoms with Crippen LogP contribution in [0.4, 0.5) is 0 Å². The van der Waals surface area contributed by atoms with E-state index in [4.69, 9.17) is 13.8 Å². The van der Waals surface area contributed by atoms with Gasteiger partial charge >= 0.3 is 13.8 Å². The van der Waals surface area contributed by atoms with Gasteiger partial charge in [-0.25, -0.2) is 4.57 Å². The Morgan fingerprint density at radius 1 is 0.432 bits per heavy atom. The Bertz CT molecular complexity index is 1570. The quantitative estimate of drug-likeness (QED) is 0.0205. The normalized spacial score (nSPS) is 13.9. The number of hydrogen-bond acceptors (Lipinski definition) is 6. The van der Waals surface area contributed by atoms with Crippen LogP contribution in [0.3, 0.4) is 0 Å². The Hall–Kier alpha value is -2.29. The number of nitrogens with one attached hydrogen (secondary N) is 1. The molecule has 0 spiro atoms. The third kappa shape index (κ3) is 62.1. The summed E-state index contributed by atoms with van der Waals surface area (Å²) in [5, 5.41) is 3.07. The van der Waals surface area contributed by atoms with E-state index in [1.165, 1.54) is 212 Å². The number of amides is 1. The van der Waals surface area contributed by atoms with Crippen molar-refractivity contribution in [2.45, 2.75) is 341 Å². The third-order valence-electron chi connectivity index (χ3n) is 15.4. The fraction of sp³-hybridized carbons (Fsp3) is 0.831. The van der Waals surface area contributed by atoms with E-state index in [0.717, 1.165) is 83.5 Å². The molecule has 81 heavy (non-hydrogen) atoms. The summed E-state index contributed by atoms with van der Waals surface area (Å²) in [6, 6.07) is -0.852. The summed E-state index contributed by atoms with van der Waals surface area (Å²) < 4.78 is 30.8. The van der Waals surface area contributed by atoms with Gasteiger partial charge in [-0.3, -0.25) is 18.6 Å². The minimum atomic E-state index is -4.45. The number of phosphoric acid groups is 1. The van der Waals surface area contributed by atoms with Crippen molar-refractivity contribution in [2.75, 3.05) is 40.9 Å². The molecule has 0 rings (SSSR count). The predicted octanol–water partition coefficient (Wildman–Crippen LogP) is 21.8. The molecule has 0 fully saturated rings. The first-order chi connectivity index (χ1) is 39.4. The summed E-state index contributed by atoms with van der Waals surface area (Å²) in [6.45, 7) is 7.00. The van der Waals surface area contributed by atoms with E-state index >= 15 is 0 Å². The lowest BCUT2D eigenvalue weighted by Gasteiger charge is -2.27. The minimum Gasteiger partial charge on any atom is -0.456 e. The van der Waals surface area contributed by atoms with Crippen LogP contribution >= 0.6 is 7.82 Å². The van der Waals surface area contributed by atoms with Crippen molar-refractivity contribution in [1.82, 2.24) is 5.32 Å². The molecule has 0 heterocycles. The first kappa shape index (κ1) is 78.7. The van der Waals surface area contributed by atoms with Crippen LogP contribution in [0.2, 0.25) is 0 Å². The smallest absolute Gasteiger partial charge is 0.456 e. The molecule has 0 radical (unpaired) electrons. The van der Waals surface area contributed by atoms with E-state index in [2.05, 4.69) is 74.7 Å². The summed E-state index contributed by atoms with van der Waals surface area (Å²) in [6.07, 6.45) is 77.9. The Labute approximate surface area is 502 Å². The van der Waals surface area contributed by atoms with E-state index in [0.29, 0.717) is 17.4 Å². The number of phosphoric ester groups is 1. The van der Waals surface area contributed by atoms with Gasteiger partial charge in [-0.15, -0.1) is 0 Å². The molecular weight excluding hydrogens is 1020 g/mol. The molecule has 0 saturated carbocycles. The van der Waals surface area contributed by atoms with E-state index in [-0.39, 0.29) is 31.5 Å².